The Bertz CT molecular complexity index is 1050. The van der Waals surface area contributed by atoms with E-state index in [0.717, 1.165) is 5.56 Å². The standard InChI is InChI=1S/C18H17N3O5S/c1-11-6-16(22)21-18(19-11)27-15(20-21)10-26-17(23)5-4-12-7-13(24-2)9-14(8-12)25-3/h4-9H,10H2,1-3H3/b5-4+. The van der Waals surface area contributed by atoms with Crippen molar-refractivity contribution in [3.63, 3.8) is 0 Å². The van der Waals surface area contributed by atoms with Crippen LogP contribution >= 0.6 is 11.3 Å². The predicted octanol–water partition coefficient (Wildman–Crippen LogP) is 2.23. The lowest BCUT2D eigenvalue weighted by molar-refractivity contribution is -0.138. The number of methoxy groups -OCH3 is 2. The van der Waals surface area contributed by atoms with E-state index in [4.69, 9.17) is 14.2 Å². The molecule has 0 bridgehead atoms. The molecule has 2 heterocycles. The average molecular weight is 387 g/mol. The van der Waals surface area contributed by atoms with Gasteiger partial charge in [-0.2, -0.15) is 9.61 Å². The van der Waals surface area contributed by atoms with E-state index in [9.17, 15) is 9.59 Å². The Morgan fingerprint density at radius 3 is 2.56 bits per heavy atom. The third kappa shape index (κ3) is 4.50. The van der Waals surface area contributed by atoms with Gasteiger partial charge in [0.2, 0.25) is 4.96 Å². The number of carbonyl (C=O) groups excluding carboxylic acids is 1. The summed E-state index contributed by atoms with van der Waals surface area (Å²) < 4.78 is 16.7. The molecular formula is C18H17N3O5S. The topological polar surface area (TPSA) is 92.0 Å². The molecule has 0 amide bonds. The zero-order valence-electron chi connectivity index (χ0n) is 15.0. The summed E-state index contributed by atoms with van der Waals surface area (Å²) in [5.41, 5.74) is 1.08. The van der Waals surface area contributed by atoms with Gasteiger partial charge in [-0.25, -0.2) is 9.78 Å². The van der Waals surface area contributed by atoms with Crippen molar-refractivity contribution in [1.29, 1.82) is 0 Å². The summed E-state index contributed by atoms with van der Waals surface area (Å²) in [6.07, 6.45) is 2.90. The molecule has 140 valence electrons. The quantitative estimate of drug-likeness (QED) is 0.473. The molecule has 0 spiro atoms. The van der Waals surface area contributed by atoms with Crippen molar-refractivity contribution >= 4 is 28.3 Å². The molecule has 0 saturated heterocycles. The van der Waals surface area contributed by atoms with Gasteiger partial charge >= 0.3 is 5.97 Å². The fourth-order valence-corrected chi connectivity index (χ4v) is 3.15. The van der Waals surface area contributed by atoms with Crippen LogP contribution in [0.4, 0.5) is 0 Å². The van der Waals surface area contributed by atoms with Crippen LogP contribution in [0.2, 0.25) is 0 Å². The molecule has 0 radical (unpaired) electrons. The van der Waals surface area contributed by atoms with Crippen molar-refractivity contribution in [3.8, 4) is 11.5 Å². The van der Waals surface area contributed by atoms with Crippen molar-refractivity contribution in [2.75, 3.05) is 14.2 Å². The van der Waals surface area contributed by atoms with Crippen LogP contribution in [-0.4, -0.2) is 34.8 Å². The summed E-state index contributed by atoms with van der Waals surface area (Å²) in [4.78, 5) is 28.5. The van der Waals surface area contributed by atoms with Crippen LogP contribution in [0.5, 0.6) is 11.5 Å². The van der Waals surface area contributed by atoms with Crippen LogP contribution in [0.1, 0.15) is 16.3 Å². The number of fused-ring (bicyclic) bond motifs is 1. The molecule has 0 unspecified atom stereocenters. The minimum Gasteiger partial charge on any atom is -0.497 e. The fourth-order valence-electron chi connectivity index (χ4n) is 2.29. The van der Waals surface area contributed by atoms with Gasteiger partial charge in [-0.1, -0.05) is 11.3 Å². The number of ether oxygens (including phenoxy) is 3. The van der Waals surface area contributed by atoms with Gasteiger partial charge in [0.25, 0.3) is 5.56 Å². The number of carbonyl (C=O) groups is 1. The predicted molar refractivity (Wildman–Crippen MR) is 100 cm³/mol. The lowest BCUT2D eigenvalue weighted by Crippen LogP contribution is -2.14. The smallest absolute Gasteiger partial charge is 0.331 e. The lowest BCUT2D eigenvalue weighted by atomic mass is 10.2. The van der Waals surface area contributed by atoms with Gasteiger partial charge < -0.3 is 14.2 Å². The first-order valence-electron chi connectivity index (χ1n) is 7.93. The second-order valence-electron chi connectivity index (χ2n) is 5.51. The zero-order valence-corrected chi connectivity index (χ0v) is 15.8. The first kappa shape index (κ1) is 18.6. The second-order valence-corrected chi connectivity index (χ2v) is 6.55. The highest BCUT2D eigenvalue weighted by atomic mass is 32.1. The van der Waals surface area contributed by atoms with E-state index in [2.05, 4.69) is 10.1 Å². The number of hydrogen-bond acceptors (Lipinski definition) is 8. The molecule has 0 aliphatic rings. The molecule has 3 rings (SSSR count). The average Bonchev–Trinajstić information content (AvgIpc) is 3.07. The molecule has 8 nitrogen and oxygen atoms in total. The summed E-state index contributed by atoms with van der Waals surface area (Å²) in [6.45, 7) is 1.69. The number of nitrogens with zero attached hydrogens (tertiary/aromatic N) is 3. The minimum absolute atomic E-state index is 0.0445. The summed E-state index contributed by atoms with van der Waals surface area (Å²) in [7, 11) is 3.10. The highest BCUT2D eigenvalue weighted by Gasteiger charge is 2.09. The highest BCUT2D eigenvalue weighted by molar-refractivity contribution is 7.16. The van der Waals surface area contributed by atoms with E-state index in [0.29, 0.717) is 27.2 Å². The van der Waals surface area contributed by atoms with Crippen LogP contribution in [0.25, 0.3) is 11.0 Å². The first-order valence-corrected chi connectivity index (χ1v) is 8.74. The molecule has 0 N–H and O–H groups in total. The van der Waals surface area contributed by atoms with Crippen LogP contribution in [0.15, 0.2) is 35.1 Å². The first-order chi connectivity index (χ1) is 13.0. The van der Waals surface area contributed by atoms with Gasteiger partial charge in [0.05, 0.1) is 14.2 Å². The zero-order chi connectivity index (χ0) is 19.4. The Hall–Kier alpha value is -3.20. The third-order valence-corrected chi connectivity index (χ3v) is 4.42. The normalized spacial score (nSPS) is 11.1. The van der Waals surface area contributed by atoms with Gasteiger partial charge in [0.15, 0.2) is 5.01 Å². The van der Waals surface area contributed by atoms with Crippen LogP contribution in [0, 0.1) is 6.92 Å². The van der Waals surface area contributed by atoms with E-state index < -0.39 is 5.97 Å². The monoisotopic (exact) mass is 387 g/mol. The summed E-state index contributed by atoms with van der Waals surface area (Å²) >= 11 is 1.20. The number of aromatic nitrogens is 3. The summed E-state index contributed by atoms with van der Waals surface area (Å²) in [5.74, 6) is 0.697. The third-order valence-electron chi connectivity index (χ3n) is 3.54. The Balaban J connectivity index is 1.67. The van der Waals surface area contributed by atoms with Crippen LogP contribution in [-0.2, 0) is 16.1 Å². The molecule has 9 heteroatoms. The van der Waals surface area contributed by atoms with Crippen LogP contribution in [0.3, 0.4) is 0 Å². The Morgan fingerprint density at radius 1 is 1.19 bits per heavy atom. The van der Waals surface area contributed by atoms with Gasteiger partial charge in [-0.3, -0.25) is 4.79 Å². The van der Waals surface area contributed by atoms with E-state index in [-0.39, 0.29) is 12.2 Å². The van der Waals surface area contributed by atoms with Crippen molar-refractivity contribution in [3.05, 3.63) is 57.0 Å². The molecule has 0 saturated carbocycles. The molecule has 0 aliphatic heterocycles. The summed E-state index contributed by atoms with van der Waals surface area (Å²) in [5, 5.41) is 4.60. The molecule has 1 aromatic carbocycles. The van der Waals surface area contributed by atoms with Crippen molar-refractivity contribution in [2.45, 2.75) is 13.5 Å². The van der Waals surface area contributed by atoms with Crippen molar-refractivity contribution in [1.82, 2.24) is 14.6 Å². The number of rotatable bonds is 6. The molecule has 27 heavy (non-hydrogen) atoms. The van der Waals surface area contributed by atoms with E-state index in [1.165, 1.54) is 28.0 Å². The summed E-state index contributed by atoms with van der Waals surface area (Å²) in [6, 6.07) is 6.66. The minimum atomic E-state index is -0.535. The maximum absolute atomic E-state index is 12.0. The fraction of sp³-hybridized carbons (Fsp3) is 0.222. The van der Waals surface area contributed by atoms with E-state index in [1.54, 1.807) is 45.4 Å². The number of aryl methyl sites for hydroxylation is 1. The Kier molecular flexibility index (Phi) is 5.51. The molecule has 0 fully saturated rings. The molecular weight excluding hydrogens is 370 g/mol. The molecule has 0 atom stereocenters. The Morgan fingerprint density at radius 2 is 1.89 bits per heavy atom. The number of benzene rings is 1. The van der Waals surface area contributed by atoms with Crippen LogP contribution < -0.4 is 15.0 Å². The molecule has 2 aromatic heterocycles. The molecule has 0 aliphatic carbocycles. The number of hydrogen-bond donors (Lipinski definition) is 0. The second kappa shape index (κ2) is 8.00. The van der Waals surface area contributed by atoms with Gasteiger partial charge in [0, 0.05) is 23.9 Å². The lowest BCUT2D eigenvalue weighted by Gasteiger charge is -2.05. The molecule has 3 aromatic rings. The Labute approximate surface area is 158 Å². The number of esters is 1. The van der Waals surface area contributed by atoms with Gasteiger partial charge in [0.1, 0.15) is 18.1 Å². The van der Waals surface area contributed by atoms with E-state index >= 15 is 0 Å². The SMILES string of the molecule is COc1cc(/C=C/C(=O)OCc2nn3c(=O)cc(C)nc3s2)cc(OC)c1. The maximum Gasteiger partial charge on any atom is 0.331 e. The maximum atomic E-state index is 12.0. The van der Waals surface area contributed by atoms with Gasteiger partial charge in [-0.05, 0) is 30.7 Å². The largest absolute Gasteiger partial charge is 0.497 e. The van der Waals surface area contributed by atoms with Crippen molar-refractivity contribution < 1.29 is 19.0 Å². The van der Waals surface area contributed by atoms with E-state index in [1.807, 2.05) is 0 Å². The van der Waals surface area contributed by atoms with Gasteiger partial charge in [-0.15, -0.1) is 0 Å². The van der Waals surface area contributed by atoms with Crippen molar-refractivity contribution in [2.24, 2.45) is 0 Å². The highest BCUT2D eigenvalue weighted by Crippen LogP contribution is 2.23.